The molecule has 0 fully saturated rings. The van der Waals surface area contributed by atoms with Gasteiger partial charge in [0, 0.05) is 18.0 Å². The highest BCUT2D eigenvalue weighted by atomic mass is 32.2. The summed E-state index contributed by atoms with van der Waals surface area (Å²) in [7, 11) is -4.29. The molecular weight excluding hydrogens is 254 g/mol. The van der Waals surface area contributed by atoms with Gasteiger partial charge in [0.2, 0.25) is 5.91 Å². The minimum absolute atomic E-state index is 0.174. The average Bonchev–Trinajstić information content (AvgIpc) is 2.26. The SMILES string of the molecule is CC(=O)Nc1ccc2cccc(S(=O)(=O)O)c2c1. The smallest absolute Gasteiger partial charge is 0.295 e. The summed E-state index contributed by atoms with van der Waals surface area (Å²) in [5, 5.41) is 3.59. The molecule has 0 aliphatic carbocycles. The fraction of sp³-hybridized carbons (Fsp3) is 0.0833. The monoisotopic (exact) mass is 265 g/mol. The Bertz CT molecular complexity index is 722. The summed E-state index contributed by atoms with van der Waals surface area (Å²) in [6, 6.07) is 9.44. The van der Waals surface area contributed by atoms with Gasteiger partial charge >= 0.3 is 0 Å². The lowest BCUT2D eigenvalue weighted by atomic mass is 10.1. The van der Waals surface area contributed by atoms with Crippen molar-refractivity contribution in [3.63, 3.8) is 0 Å². The van der Waals surface area contributed by atoms with Gasteiger partial charge in [0.15, 0.2) is 0 Å². The molecule has 0 bridgehead atoms. The van der Waals surface area contributed by atoms with Crippen LogP contribution in [0.4, 0.5) is 5.69 Å². The van der Waals surface area contributed by atoms with Crippen LogP contribution < -0.4 is 5.32 Å². The van der Waals surface area contributed by atoms with E-state index in [0.717, 1.165) is 0 Å². The Morgan fingerprint density at radius 3 is 2.56 bits per heavy atom. The van der Waals surface area contributed by atoms with Gasteiger partial charge < -0.3 is 5.32 Å². The molecule has 2 aromatic rings. The Hall–Kier alpha value is -1.92. The third-order valence-electron chi connectivity index (χ3n) is 2.44. The number of benzene rings is 2. The summed E-state index contributed by atoms with van der Waals surface area (Å²) in [4.78, 5) is 10.8. The molecule has 5 nitrogen and oxygen atoms in total. The standard InChI is InChI=1S/C12H11NO4S/c1-8(14)13-10-6-5-9-3-2-4-12(11(9)7-10)18(15,16)17/h2-7H,1H3,(H,13,14)(H,15,16,17). The van der Waals surface area contributed by atoms with E-state index in [4.69, 9.17) is 4.55 Å². The van der Waals surface area contributed by atoms with E-state index in [-0.39, 0.29) is 10.8 Å². The third-order valence-corrected chi connectivity index (χ3v) is 3.35. The molecule has 1 amide bonds. The minimum Gasteiger partial charge on any atom is -0.326 e. The number of nitrogens with one attached hydrogen (secondary N) is 1. The molecule has 0 saturated carbocycles. The lowest BCUT2D eigenvalue weighted by Gasteiger charge is -2.07. The summed E-state index contributed by atoms with van der Waals surface area (Å²) in [5.41, 5.74) is 0.478. The van der Waals surface area contributed by atoms with Crippen LogP contribution in [0.3, 0.4) is 0 Å². The Labute approximate surface area is 104 Å². The van der Waals surface area contributed by atoms with Crippen molar-refractivity contribution in [3.05, 3.63) is 36.4 Å². The average molecular weight is 265 g/mol. The lowest BCUT2D eigenvalue weighted by Crippen LogP contribution is -2.06. The molecule has 0 aromatic heterocycles. The van der Waals surface area contributed by atoms with Crippen LogP contribution in [0.25, 0.3) is 10.8 Å². The highest BCUT2D eigenvalue weighted by molar-refractivity contribution is 7.86. The van der Waals surface area contributed by atoms with Crippen LogP contribution in [0.2, 0.25) is 0 Å². The van der Waals surface area contributed by atoms with Crippen LogP contribution in [0.5, 0.6) is 0 Å². The van der Waals surface area contributed by atoms with Crippen molar-refractivity contribution in [1.29, 1.82) is 0 Å². The zero-order valence-corrected chi connectivity index (χ0v) is 10.4. The van der Waals surface area contributed by atoms with E-state index >= 15 is 0 Å². The first kappa shape index (κ1) is 12.5. The van der Waals surface area contributed by atoms with Gasteiger partial charge in [-0.2, -0.15) is 8.42 Å². The van der Waals surface area contributed by atoms with Gasteiger partial charge in [0.25, 0.3) is 10.1 Å². The first-order chi connectivity index (χ1) is 8.38. The number of carbonyl (C=O) groups is 1. The second-order valence-electron chi connectivity index (χ2n) is 3.85. The fourth-order valence-corrected chi connectivity index (χ4v) is 2.46. The molecule has 0 heterocycles. The zero-order chi connectivity index (χ0) is 13.3. The van der Waals surface area contributed by atoms with Crippen molar-refractivity contribution in [1.82, 2.24) is 0 Å². The van der Waals surface area contributed by atoms with Crippen LogP contribution in [-0.4, -0.2) is 18.9 Å². The molecular formula is C12H11NO4S. The normalized spacial score (nSPS) is 11.4. The maximum atomic E-state index is 11.2. The Morgan fingerprint density at radius 1 is 1.22 bits per heavy atom. The number of fused-ring (bicyclic) bond motifs is 1. The Morgan fingerprint density at radius 2 is 1.94 bits per heavy atom. The summed E-state index contributed by atoms with van der Waals surface area (Å²) in [6.07, 6.45) is 0. The van der Waals surface area contributed by atoms with Crippen molar-refractivity contribution >= 4 is 32.5 Å². The first-order valence-electron chi connectivity index (χ1n) is 5.16. The van der Waals surface area contributed by atoms with Crippen molar-refractivity contribution in [2.75, 3.05) is 5.32 Å². The molecule has 0 atom stereocenters. The van der Waals surface area contributed by atoms with Crippen molar-refractivity contribution in [2.24, 2.45) is 0 Å². The predicted molar refractivity (Wildman–Crippen MR) is 68.1 cm³/mol. The lowest BCUT2D eigenvalue weighted by molar-refractivity contribution is -0.114. The summed E-state index contributed by atoms with van der Waals surface area (Å²) < 4.78 is 31.6. The molecule has 0 aliphatic heterocycles. The number of anilines is 1. The molecule has 2 rings (SSSR count). The van der Waals surface area contributed by atoms with E-state index < -0.39 is 10.1 Å². The van der Waals surface area contributed by atoms with Crippen LogP contribution >= 0.6 is 0 Å². The Balaban J connectivity index is 2.70. The maximum absolute atomic E-state index is 11.2. The largest absolute Gasteiger partial charge is 0.326 e. The topological polar surface area (TPSA) is 83.5 Å². The number of rotatable bonds is 2. The van der Waals surface area contributed by atoms with Crippen LogP contribution in [-0.2, 0) is 14.9 Å². The molecule has 0 radical (unpaired) electrons. The molecule has 0 saturated heterocycles. The summed E-state index contributed by atoms with van der Waals surface area (Å²) >= 11 is 0. The second kappa shape index (κ2) is 4.40. The van der Waals surface area contributed by atoms with Gasteiger partial charge in [-0.3, -0.25) is 9.35 Å². The molecule has 6 heteroatoms. The van der Waals surface area contributed by atoms with E-state index in [0.29, 0.717) is 16.5 Å². The molecule has 18 heavy (non-hydrogen) atoms. The van der Waals surface area contributed by atoms with Crippen LogP contribution in [0.15, 0.2) is 41.3 Å². The number of hydrogen-bond acceptors (Lipinski definition) is 3. The molecule has 2 N–H and O–H groups in total. The molecule has 0 spiro atoms. The number of amides is 1. The van der Waals surface area contributed by atoms with Crippen LogP contribution in [0.1, 0.15) is 6.92 Å². The van der Waals surface area contributed by atoms with Gasteiger partial charge in [-0.05, 0) is 23.6 Å². The highest BCUT2D eigenvalue weighted by Gasteiger charge is 2.13. The Kier molecular flexibility index (Phi) is 3.06. The second-order valence-corrected chi connectivity index (χ2v) is 5.24. The number of hydrogen-bond donors (Lipinski definition) is 2. The van der Waals surface area contributed by atoms with Gasteiger partial charge in [0.1, 0.15) is 4.90 Å². The molecule has 94 valence electrons. The van der Waals surface area contributed by atoms with Crippen molar-refractivity contribution in [2.45, 2.75) is 11.8 Å². The first-order valence-corrected chi connectivity index (χ1v) is 6.60. The van der Waals surface area contributed by atoms with Gasteiger partial charge in [-0.15, -0.1) is 0 Å². The van der Waals surface area contributed by atoms with Crippen molar-refractivity contribution < 1.29 is 17.8 Å². The minimum atomic E-state index is -4.29. The third kappa shape index (κ3) is 2.49. The van der Waals surface area contributed by atoms with Gasteiger partial charge in [0.05, 0.1) is 0 Å². The van der Waals surface area contributed by atoms with Gasteiger partial charge in [-0.1, -0.05) is 18.2 Å². The van der Waals surface area contributed by atoms with E-state index in [1.807, 2.05) is 0 Å². The zero-order valence-electron chi connectivity index (χ0n) is 9.54. The van der Waals surface area contributed by atoms with E-state index in [1.54, 1.807) is 24.3 Å². The predicted octanol–water partition coefficient (Wildman–Crippen LogP) is 2.04. The van der Waals surface area contributed by atoms with E-state index in [9.17, 15) is 13.2 Å². The van der Waals surface area contributed by atoms with E-state index in [1.165, 1.54) is 19.1 Å². The van der Waals surface area contributed by atoms with Crippen molar-refractivity contribution in [3.8, 4) is 0 Å². The number of carbonyl (C=O) groups excluding carboxylic acids is 1. The quantitative estimate of drug-likeness (QED) is 0.814. The molecule has 0 aliphatic rings. The fourth-order valence-electron chi connectivity index (χ4n) is 1.75. The van der Waals surface area contributed by atoms with E-state index in [2.05, 4.69) is 5.32 Å². The highest BCUT2D eigenvalue weighted by Crippen LogP contribution is 2.25. The van der Waals surface area contributed by atoms with Gasteiger partial charge in [-0.25, -0.2) is 0 Å². The maximum Gasteiger partial charge on any atom is 0.295 e. The van der Waals surface area contributed by atoms with Crippen LogP contribution in [0, 0.1) is 0 Å². The summed E-state index contributed by atoms with van der Waals surface area (Å²) in [5.74, 6) is -0.251. The molecule has 0 unspecified atom stereocenters. The molecule has 2 aromatic carbocycles. The summed E-state index contributed by atoms with van der Waals surface area (Å²) in [6.45, 7) is 1.36.